The van der Waals surface area contributed by atoms with E-state index in [1.807, 2.05) is 12.1 Å². The zero-order chi connectivity index (χ0) is 14.6. The van der Waals surface area contributed by atoms with E-state index in [9.17, 15) is 8.42 Å². The van der Waals surface area contributed by atoms with Crippen LogP contribution in [-0.2, 0) is 14.6 Å². The van der Waals surface area contributed by atoms with Gasteiger partial charge in [0.15, 0.2) is 9.84 Å². The number of sulfone groups is 1. The molecule has 0 N–H and O–H groups in total. The average Bonchev–Trinajstić information content (AvgIpc) is 2.48. The summed E-state index contributed by atoms with van der Waals surface area (Å²) in [6.07, 6.45) is 2.21. The molecule has 1 aliphatic heterocycles. The second kappa shape index (κ2) is 6.59. The van der Waals surface area contributed by atoms with Crippen LogP contribution in [0.1, 0.15) is 19.8 Å². The highest BCUT2D eigenvalue weighted by Gasteiger charge is 2.17. The molecule has 0 bridgehead atoms. The molecule has 0 radical (unpaired) electrons. The topological polar surface area (TPSA) is 46.6 Å². The second-order valence-corrected chi connectivity index (χ2v) is 7.61. The van der Waals surface area contributed by atoms with Gasteiger partial charge in [0.2, 0.25) is 0 Å². The highest BCUT2D eigenvalue weighted by molar-refractivity contribution is 7.91. The fraction of sp³-hybridized carbons (Fsp3) is 0.600. The maximum absolute atomic E-state index is 11.8. The van der Waals surface area contributed by atoms with Gasteiger partial charge in [-0.2, -0.15) is 0 Å². The summed E-state index contributed by atoms with van der Waals surface area (Å²) in [6, 6.07) is 7.19. The molecule has 0 atom stereocenters. The number of anilines is 1. The Bertz CT molecular complexity index is 519. The van der Waals surface area contributed by atoms with Crippen molar-refractivity contribution in [2.24, 2.45) is 5.92 Å². The minimum absolute atomic E-state index is 0.143. The zero-order valence-corrected chi connectivity index (χ0v) is 13.0. The van der Waals surface area contributed by atoms with E-state index in [0.29, 0.717) is 10.8 Å². The van der Waals surface area contributed by atoms with Crippen molar-refractivity contribution < 1.29 is 13.2 Å². The largest absolute Gasteiger partial charge is 0.381 e. The maximum Gasteiger partial charge on any atom is 0.178 e. The Balaban J connectivity index is 2.02. The van der Waals surface area contributed by atoms with Crippen molar-refractivity contribution in [2.45, 2.75) is 24.7 Å². The number of rotatable bonds is 5. The lowest BCUT2D eigenvalue weighted by molar-refractivity contribution is 0.0685. The zero-order valence-electron chi connectivity index (χ0n) is 12.2. The molecule has 0 unspecified atom stereocenters. The van der Waals surface area contributed by atoms with Gasteiger partial charge in [-0.3, -0.25) is 0 Å². The monoisotopic (exact) mass is 297 g/mol. The summed E-state index contributed by atoms with van der Waals surface area (Å²) in [4.78, 5) is 2.60. The normalized spacial score (nSPS) is 17.1. The molecule has 5 heteroatoms. The summed E-state index contributed by atoms with van der Waals surface area (Å²) >= 11 is 0. The Morgan fingerprint density at radius 1 is 1.20 bits per heavy atom. The summed E-state index contributed by atoms with van der Waals surface area (Å²) in [7, 11) is -1.05. The van der Waals surface area contributed by atoms with E-state index in [4.69, 9.17) is 4.74 Å². The lowest BCUT2D eigenvalue weighted by atomic mass is 10.00. The second-order valence-electron chi connectivity index (χ2n) is 5.33. The number of hydrogen-bond acceptors (Lipinski definition) is 4. The SMILES string of the molecule is CCS(=O)(=O)c1ccc(N(C)CC2CCOCC2)cc1. The molecule has 1 aliphatic rings. The fourth-order valence-corrected chi connectivity index (χ4v) is 3.38. The van der Waals surface area contributed by atoms with Gasteiger partial charge in [0.25, 0.3) is 0 Å². The van der Waals surface area contributed by atoms with Crippen molar-refractivity contribution in [3.63, 3.8) is 0 Å². The van der Waals surface area contributed by atoms with Crippen LogP contribution in [0.15, 0.2) is 29.2 Å². The van der Waals surface area contributed by atoms with Crippen LogP contribution in [0.2, 0.25) is 0 Å². The molecule has 1 aromatic carbocycles. The molecule has 1 fully saturated rings. The van der Waals surface area contributed by atoms with Gasteiger partial charge in [-0.25, -0.2) is 8.42 Å². The molecule has 1 saturated heterocycles. The van der Waals surface area contributed by atoms with E-state index in [-0.39, 0.29) is 5.75 Å². The van der Waals surface area contributed by atoms with Crippen molar-refractivity contribution in [2.75, 3.05) is 37.5 Å². The molecule has 1 aromatic rings. The van der Waals surface area contributed by atoms with Gasteiger partial charge in [-0.05, 0) is 43.0 Å². The summed E-state index contributed by atoms with van der Waals surface area (Å²) in [5, 5.41) is 0. The lowest BCUT2D eigenvalue weighted by Gasteiger charge is -2.28. The Hall–Kier alpha value is -1.07. The minimum atomic E-state index is -3.10. The van der Waals surface area contributed by atoms with E-state index < -0.39 is 9.84 Å². The molecule has 0 aromatic heterocycles. The van der Waals surface area contributed by atoms with E-state index >= 15 is 0 Å². The minimum Gasteiger partial charge on any atom is -0.381 e. The van der Waals surface area contributed by atoms with Gasteiger partial charge in [0, 0.05) is 32.5 Å². The average molecular weight is 297 g/mol. The molecule has 4 nitrogen and oxygen atoms in total. The third-order valence-electron chi connectivity index (χ3n) is 3.89. The van der Waals surface area contributed by atoms with Gasteiger partial charge in [-0.15, -0.1) is 0 Å². The Morgan fingerprint density at radius 3 is 2.35 bits per heavy atom. The van der Waals surface area contributed by atoms with Crippen molar-refractivity contribution in [3.8, 4) is 0 Å². The molecule has 0 aliphatic carbocycles. The predicted molar refractivity (Wildman–Crippen MR) is 81.0 cm³/mol. The number of ether oxygens (including phenoxy) is 1. The Kier molecular flexibility index (Phi) is 5.05. The Labute approximate surface area is 121 Å². The first kappa shape index (κ1) is 15.3. The van der Waals surface area contributed by atoms with Crippen LogP contribution in [0.5, 0.6) is 0 Å². The molecule has 0 spiro atoms. The maximum atomic E-state index is 11.8. The van der Waals surface area contributed by atoms with Gasteiger partial charge in [0.05, 0.1) is 10.6 Å². The number of nitrogens with zero attached hydrogens (tertiary/aromatic N) is 1. The summed E-state index contributed by atoms with van der Waals surface area (Å²) < 4.78 is 28.9. The molecule has 20 heavy (non-hydrogen) atoms. The van der Waals surface area contributed by atoms with Crippen LogP contribution in [0.3, 0.4) is 0 Å². The van der Waals surface area contributed by atoms with Gasteiger partial charge < -0.3 is 9.64 Å². The molecule has 2 rings (SSSR count). The van der Waals surface area contributed by atoms with E-state index in [0.717, 1.165) is 38.3 Å². The fourth-order valence-electron chi connectivity index (χ4n) is 2.50. The molecular formula is C15H23NO3S. The quantitative estimate of drug-likeness (QED) is 0.837. The van der Waals surface area contributed by atoms with Gasteiger partial charge in [-0.1, -0.05) is 6.92 Å². The first-order chi connectivity index (χ1) is 9.53. The van der Waals surface area contributed by atoms with Crippen LogP contribution in [0.4, 0.5) is 5.69 Å². The van der Waals surface area contributed by atoms with Crippen molar-refractivity contribution in [3.05, 3.63) is 24.3 Å². The summed E-state index contributed by atoms with van der Waals surface area (Å²) in [5.74, 6) is 0.803. The highest BCUT2D eigenvalue weighted by Crippen LogP contribution is 2.21. The van der Waals surface area contributed by atoms with Gasteiger partial charge >= 0.3 is 0 Å². The standard InChI is InChI=1S/C15H23NO3S/c1-3-20(17,18)15-6-4-14(5-7-15)16(2)12-13-8-10-19-11-9-13/h4-7,13H,3,8-12H2,1-2H3. The summed E-state index contributed by atoms with van der Waals surface area (Å²) in [5.41, 5.74) is 1.06. The third-order valence-corrected chi connectivity index (χ3v) is 5.64. The van der Waals surface area contributed by atoms with Crippen LogP contribution in [0.25, 0.3) is 0 Å². The van der Waals surface area contributed by atoms with Gasteiger partial charge in [0.1, 0.15) is 0 Å². The highest BCUT2D eigenvalue weighted by atomic mass is 32.2. The van der Waals surface area contributed by atoms with Crippen molar-refractivity contribution in [1.82, 2.24) is 0 Å². The van der Waals surface area contributed by atoms with Crippen LogP contribution in [-0.4, -0.2) is 41.0 Å². The van der Waals surface area contributed by atoms with Crippen LogP contribution in [0, 0.1) is 5.92 Å². The van der Waals surface area contributed by atoms with E-state index in [2.05, 4.69) is 11.9 Å². The van der Waals surface area contributed by atoms with E-state index in [1.54, 1.807) is 19.1 Å². The third kappa shape index (κ3) is 3.73. The summed E-state index contributed by atoms with van der Waals surface area (Å²) in [6.45, 7) is 4.36. The van der Waals surface area contributed by atoms with Crippen molar-refractivity contribution in [1.29, 1.82) is 0 Å². The molecule has 1 heterocycles. The smallest absolute Gasteiger partial charge is 0.178 e. The first-order valence-corrected chi connectivity index (χ1v) is 8.80. The molecule has 0 amide bonds. The van der Waals surface area contributed by atoms with Crippen molar-refractivity contribution >= 4 is 15.5 Å². The molecule has 112 valence electrons. The van der Waals surface area contributed by atoms with E-state index in [1.165, 1.54) is 0 Å². The lowest BCUT2D eigenvalue weighted by Crippen LogP contribution is -2.29. The van der Waals surface area contributed by atoms with Crippen LogP contribution >= 0.6 is 0 Å². The predicted octanol–water partition coefficient (Wildman–Crippen LogP) is 2.34. The Morgan fingerprint density at radius 2 is 1.80 bits per heavy atom. The van der Waals surface area contributed by atoms with Crippen LogP contribution < -0.4 is 4.90 Å². The molecule has 0 saturated carbocycles. The number of hydrogen-bond donors (Lipinski definition) is 0. The number of benzene rings is 1. The first-order valence-electron chi connectivity index (χ1n) is 7.14. The molecular weight excluding hydrogens is 274 g/mol.